The van der Waals surface area contributed by atoms with Crippen molar-refractivity contribution in [2.45, 2.75) is 44.6 Å². The van der Waals surface area contributed by atoms with Crippen molar-refractivity contribution in [1.29, 1.82) is 0 Å². The third kappa shape index (κ3) is 2.30. The van der Waals surface area contributed by atoms with E-state index in [4.69, 9.17) is 4.52 Å². The second kappa shape index (κ2) is 4.55. The van der Waals surface area contributed by atoms with Gasteiger partial charge in [-0.05, 0) is 32.6 Å². The van der Waals surface area contributed by atoms with Crippen LogP contribution in [0.1, 0.15) is 56.3 Å². The lowest BCUT2D eigenvalue weighted by Gasteiger charge is -2.13. The SMILES string of the molecule is CC(NC(=O)C1CC=CC1)c1nc(C2CC2)no1. The molecular weight excluding hydrogens is 230 g/mol. The maximum Gasteiger partial charge on any atom is 0.248 e. The highest BCUT2D eigenvalue weighted by molar-refractivity contribution is 5.79. The molecular formula is C13H17N3O2. The Bertz CT molecular complexity index is 468. The van der Waals surface area contributed by atoms with E-state index in [0.29, 0.717) is 11.8 Å². The fourth-order valence-corrected chi connectivity index (χ4v) is 2.15. The molecule has 0 radical (unpaired) electrons. The minimum Gasteiger partial charge on any atom is -0.344 e. The van der Waals surface area contributed by atoms with E-state index in [-0.39, 0.29) is 17.9 Å². The summed E-state index contributed by atoms with van der Waals surface area (Å²) in [7, 11) is 0. The largest absolute Gasteiger partial charge is 0.344 e. The number of allylic oxidation sites excluding steroid dienone is 2. The number of amides is 1. The first-order chi connectivity index (χ1) is 8.74. The van der Waals surface area contributed by atoms with Crippen molar-refractivity contribution in [3.63, 3.8) is 0 Å². The fraction of sp³-hybridized carbons (Fsp3) is 0.615. The third-order valence-corrected chi connectivity index (χ3v) is 3.51. The van der Waals surface area contributed by atoms with Gasteiger partial charge in [0.1, 0.15) is 6.04 Å². The molecule has 1 saturated carbocycles. The smallest absolute Gasteiger partial charge is 0.248 e. The van der Waals surface area contributed by atoms with Crippen LogP contribution in [0, 0.1) is 5.92 Å². The molecule has 5 nitrogen and oxygen atoms in total. The monoisotopic (exact) mass is 247 g/mol. The summed E-state index contributed by atoms with van der Waals surface area (Å²) in [5.74, 6) is 1.91. The van der Waals surface area contributed by atoms with Crippen molar-refractivity contribution < 1.29 is 9.32 Å². The minimum atomic E-state index is -0.210. The average molecular weight is 247 g/mol. The van der Waals surface area contributed by atoms with E-state index in [1.54, 1.807) is 0 Å². The van der Waals surface area contributed by atoms with Crippen LogP contribution in [0.25, 0.3) is 0 Å². The third-order valence-electron chi connectivity index (χ3n) is 3.51. The molecule has 0 bridgehead atoms. The predicted octanol–water partition coefficient (Wildman–Crippen LogP) is 2.09. The van der Waals surface area contributed by atoms with Gasteiger partial charge in [0.25, 0.3) is 0 Å². The van der Waals surface area contributed by atoms with E-state index in [1.807, 2.05) is 19.1 Å². The Labute approximate surface area is 106 Å². The van der Waals surface area contributed by atoms with Crippen molar-refractivity contribution in [2.24, 2.45) is 5.92 Å². The number of hydrogen-bond donors (Lipinski definition) is 1. The van der Waals surface area contributed by atoms with Crippen LogP contribution in [0.3, 0.4) is 0 Å². The normalized spacial score (nSPS) is 21.2. The van der Waals surface area contributed by atoms with Gasteiger partial charge in [-0.15, -0.1) is 0 Å². The van der Waals surface area contributed by atoms with Crippen LogP contribution in [0.2, 0.25) is 0 Å². The summed E-state index contributed by atoms with van der Waals surface area (Å²) in [6, 6.07) is -0.210. The molecule has 18 heavy (non-hydrogen) atoms. The van der Waals surface area contributed by atoms with Gasteiger partial charge in [-0.3, -0.25) is 4.79 Å². The Hall–Kier alpha value is -1.65. The van der Waals surface area contributed by atoms with Crippen molar-refractivity contribution in [1.82, 2.24) is 15.5 Å². The number of nitrogens with zero attached hydrogens (tertiary/aromatic N) is 2. The van der Waals surface area contributed by atoms with E-state index < -0.39 is 0 Å². The molecule has 96 valence electrons. The molecule has 1 unspecified atom stereocenters. The molecule has 0 aromatic carbocycles. The molecule has 2 aliphatic rings. The van der Waals surface area contributed by atoms with Crippen LogP contribution in [0.4, 0.5) is 0 Å². The summed E-state index contributed by atoms with van der Waals surface area (Å²) >= 11 is 0. The van der Waals surface area contributed by atoms with Gasteiger partial charge in [-0.25, -0.2) is 0 Å². The Balaban J connectivity index is 1.59. The summed E-state index contributed by atoms with van der Waals surface area (Å²) < 4.78 is 5.20. The van der Waals surface area contributed by atoms with E-state index in [9.17, 15) is 4.79 Å². The van der Waals surface area contributed by atoms with Crippen LogP contribution < -0.4 is 5.32 Å². The summed E-state index contributed by atoms with van der Waals surface area (Å²) in [6.45, 7) is 1.88. The van der Waals surface area contributed by atoms with Gasteiger partial charge in [0.05, 0.1) is 0 Å². The van der Waals surface area contributed by atoms with Crippen molar-refractivity contribution in [3.8, 4) is 0 Å². The zero-order valence-electron chi connectivity index (χ0n) is 10.4. The molecule has 0 aliphatic heterocycles. The summed E-state index contributed by atoms with van der Waals surface area (Å²) in [5.41, 5.74) is 0. The molecule has 1 fully saturated rings. The highest BCUT2D eigenvalue weighted by atomic mass is 16.5. The lowest BCUT2D eigenvalue weighted by Crippen LogP contribution is -2.31. The first-order valence-corrected chi connectivity index (χ1v) is 6.53. The van der Waals surface area contributed by atoms with E-state index in [1.165, 1.54) is 0 Å². The zero-order chi connectivity index (χ0) is 12.5. The van der Waals surface area contributed by atoms with Crippen molar-refractivity contribution in [3.05, 3.63) is 23.9 Å². The molecule has 1 amide bonds. The summed E-state index contributed by atoms with van der Waals surface area (Å²) in [6.07, 6.45) is 8.05. The molecule has 1 atom stereocenters. The number of rotatable bonds is 4. The maximum atomic E-state index is 11.9. The maximum absolute atomic E-state index is 11.9. The van der Waals surface area contributed by atoms with Gasteiger partial charge in [-0.2, -0.15) is 4.98 Å². The van der Waals surface area contributed by atoms with Crippen molar-refractivity contribution >= 4 is 5.91 Å². The van der Waals surface area contributed by atoms with Crippen LogP contribution in [0.15, 0.2) is 16.7 Å². The molecule has 3 rings (SSSR count). The zero-order valence-corrected chi connectivity index (χ0v) is 10.4. The van der Waals surface area contributed by atoms with Gasteiger partial charge in [0, 0.05) is 11.8 Å². The summed E-state index contributed by atoms with van der Waals surface area (Å²) in [5, 5.41) is 6.89. The minimum absolute atomic E-state index is 0.0678. The van der Waals surface area contributed by atoms with Crippen LogP contribution >= 0.6 is 0 Å². The fourth-order valence-electron chi connectivity index (χ4n) is 2.15. The first-order valence-electron chi connectivity index (χ1n) is 6.53. The molecule has 0 spiro atoms. The van der Waals surface area contributed by atoms with Gasteiger partial charge >= 0.3 is 0 Å². The first kappa shape index (κ1) is 11.4. The summed E-state index contributed by atoms with van der Waals surface area (Å²) in [4.78, 5) is 16.3. The molecule has 1 heterocycles. The highest BCUT2D eigenvalue weighted by Gasteiger charge is 2.30. The van der Waals surface area contributed by atoms with Crippen LogP contribution in [-0.2, 0) is 4.79 Å². The lowest BCUT2D eigenvalue weighted by molar-refractivity contribution is -0.125. The number of carbonyl (C=O) groups excluding carboxylic acids is 1. The van der Waals surface area contributed by atoms with Crippen LogP contribution in [-0.4, -0.2) is 16.0 Å². The number of nitrogens with one attached hydrogen (secondary N) is 1. The molecule has 1 aromatic rings. The van der Waals surface area contributed by atoms with E-state index in [0.717, 1.165) is 31.5 Å². The molecule has 1 N–H and O–H groups in total. The number of aromatic nitrogens is 2. The molecule has 1 aromatic heterocycles. The van der Waals surface area contributed by atoms with Gasteiger partial charge in [0.2, 0.25) is 11.8 Å². The number of carbonyl (C=O) groups is 1. The van der Waals surface area contributed by atoms with Gasteiger partial charge in [-0.1, -0.05) is 17.3 Å². The molecule has 0 saturated heterocycles. The molecule has 2 aliphatic carbocycles. The van der Waals surface area contributed by atoms with Gasteiger partial charge in [0.15, 0.2) is 5.82 Å². The highest BCUT2D eigenvalue weighted by Crippen LogP contribution is 2.38. The predicted molar refractivity (Wildman–Crippen MR) is 64.7 cm³/mol. The standard InChI is InChI=1S/C13H17N3O2/c1-8(14-12(17)10-4-2-3-5-10)13-15-11(16-18-13)9-6-7-9/h2-3,8-10H,4-7H2,1H3,(H,14,17). The quantitative estimate of drug-likeness (QED) is 0.827. The second-order valence-corrected chi connectivity index (χ2v) is 5.14. The van der Waals surface area contributed by atoms with E-state index in [2.05, 4.69) is 15.5 Å². The average Bonchev–Trinajstić information content (AvgIpc) is 2.91. The Morgan fingerprint density at radius 1 is 1.44 bits per heavy atom. The Morgan fingerprint density at radius 2 is 2.17 bits per heavy atom. The second-order valence-electron chi connectivity index (χ2n) is 5.14. The Morgan fingerprint density at radius 3 is 2.83 bits per heavy atom. The number of hydrogen-bond acceptors (Lipinski definition) is 4. The Kier molecular flexibility index (Phi) is 2.89. The van der Waals surface area contributed by atoms with Gasteiger partial charge < -0.3 is 9.84 Å². The topological polar surface area (TPSA) is 68.0 Å². The lowest BCUT2D eigenvalue weighted by atomic mass is 10.1. The molecule has 5 heteroatoms. The van der Waals surface area contributed by atoms with Crippen molar-refractivity contribution in [2.75, 3.05) is 0 Å². The van der Waals surface area contributed by atoms with Crippen LogP contribution in [0.5, 0.6) is 0 Å². The van der Waals surface area contributed by atoms with E-state index >= 15 is 0 Å².